The van der Waals surface area contributed by atoms with Crippen LogP contribution in [0, 0.1) is 0 Å². The van der Waals surface area contributed by atoms with E-state index in [2.05, 4.69) is 46.1 Å². The Labute approximate surface area is 119 Å². The molecule has 1 rings (SSSR count). The lowest BCUT2D eigenvalue weighted by molar-refractivity contribution is -0.187. The first kappa shape index (κ1) is 17.3. The fourth-order valence-electron chi connectivity index (χ4n) is 2.11. The molecule has 0 spiro atoms. The third-order valence-electron chi connectivity index (χ3n) is 2.92. The number of rotatable bonds is 5. The van der Waals surface area contributed by atoms with Crippen molar-refractivity contribution in [3.63, 3.8) is 0 Å². The van der Waals surface area contributed by atoms with Crippen LogP contribution in [0.3, 0.4) is 0 Å². The molecule has 3 atom stereocenters. The summed E-state index contributed by atoms with van der Waals surface area (Å²) in [7, 11) is 0.691. The van der Waals surface area contributed by atoms with E-state index in [4.69, 9.17) is 14.0 Å². The lowest BCUT2D eigenvalue weighted by Crippen LogP contribution is -2.49. The molecule has 19 heavy (non-hydrogen) atoms. The lowest BCUT2D eigenvalue weighted by Gasteiger charge is -2.39. The average molecular weight is 292 g/mol. The summed E-state index contributed by atoms with van der Waals surface area (Å²) in [6, 6.07) is 0. The lowest BCUT2D eigenvalue weighted by atomic mass is 10.0. The second-order valence-corrected chi connectivity index (χ2v) is 11.0. The Hall–Kier alpha value is 0.270. The van der Waals surface area contributed by atoms with Gasteiger partial charge in [0.2, 0.25) is 0 Å². The maximum atomic E-state index is 6.13. The fraction of sp³-hybridized carbons (Fsp3) is 1.00. The maximum absolute atomic E-state index is 6.13. The van der Waals surface area contributed by atoms with Gasteiger partial charge in [-0.05, 0) is 40.7 Å². The van der Waals surface area contributed by atoms with E-state index in [-0.39, 0.29) is 24.0 Å². The van der Waals surface area contributed by atoms with Crippen molar-refractivity contribution in [2.45, 2.75) is 57.6 Å². The van der Waals surface area contributed by atoms with Crippen LogP contribution < -0.4 is 5.32 Å². The molecular formula is C14H31NO3P+. The smallest absolute Gasteiger partial charge is 0.136 e. The van der Waals surface area contributed by atoms with Crippen molar-refractivity contribution >= 4 is 7.49 Å². The summed E-state index contributed by atoms with van der Waals surface area (Å²) in [6.45, 7) is 13.4. The predicted molar refractivity (Wildman–Crippen MR) is 82.2 cm³/mol. The number of nitrogens with one attached hydrogen (secondary N) is 1. The van der Waals surface area contributed by atoms with Crippen molar-refractivity contribution in [3.05, 3.63) is 0 Å². The van der Waals surface area contributed by atoms with Crippen molar-refractivity contribution < 1.29 is 14.0 Å². The highest BCUT2D eigenvalue weighted by molar-refractivity contribution is 7.69. The van der Waals surface area contributed by atoms with E-state index < -0.39 is 7.49 Å². The molecular weight excluding hydrogens is 261 g/mol. The van der Waals surface area contributed by atoms with Crippen molar-refractivity contribution in [3.8, 4) is 0 Å². The van der Waals surface area contributed by atoms with Gasteiger partial charge in [-0.1, -0.05) is 0 Å². The Bertz CT molecular complexity index is 273. The van der Waals surface area contributed by atoms with Crippen LogP contribution in [0.15, 0.2) is 0 Å². The Morgan fingerprint density at radius 3 is 2.32 bits per heavy atom. The van der Waals surface area contributed by atoms with Gasteiger partial charge in [-0.2, -0.15) is 0 Å². The Morgan fingerprint density at radius 1 is 1.21 bits per heavy atom. The van der Waals surface area contributed by atoms with Gasteiger partial charge < -0.3 is 9.47 Å². The number of hydrogen-bond donors (Lipinski definition) is 1. The molecule has 1 heterocycles. The summed E-state index contributed by atoms with van der Waals surface area (Å²) in [5.74, 6) is 0. The van der Waals surface area contributed by atoms with Crippen LogP contribution in [0.2, 0.25) is 0 Å². The van der Waals surface area contributed by atoms with Gasteiger partial charge in [0.15, 0.2) is 0 Å². The van der Waals surface area contributed by atoms with Gasteiger partial charge >= 0.3 is 0 Å². The molecule has 5 heteroatoms. The second kappa shape index (κ2) is 6.82. The van der Waals surface area contributed by atoms with E-state index in [1.54, 1.807) is 0 Å². The summed E-state index contributed by atoms with van der Waals surface area (Å²) in [4.78, 5) is 0. The monoisotopic (exact) mass is 292 g/mol. The fourth-order valence-corrected chi connectivity index (χ4v) is 2.71. The highest BCUT2D eigenvalue weighted by atomic mass is 31.2. The zero-order valence-corrected chi connectivity index (χ0v) is 14.4. The van der Waals surface area contributed by atoms with Crippen molar-refractivity contribution in [1.82, 2.24) is 5.32 Å². The van der Waals surface area contributed by atoms with E-state index >= 15 is 0 Å². The van der Waals surface area contributed by atoms with Crippen LogP contribution in [-0.4, -0.2) is 57.7 Å². The van der Waals surface area contributed by atoms with E-state index in [1.165, 1.54) is 0 Å². The molecule has 3 unspecified atom stereocenters. The van der Waals surface area contributed by atoms with Gasteiger partial charge in [-0.15, -0.1) is 0 Å². The molecule has 1 N–H and O–H groups in total. The van der Waals surface area contributed by atoms with E-state index in [0.717, 1.165) is 12.8 Å². The second-order valence-electron chi connectivity index (χ2n) is 6.98. The molecule has 0 aromatic rings. The number of ether oxygens (including phenoxy) is 2. The standard InChI is InChI=1S/C14H31NO3P/c1-14(2,3)18-11-8-9-13(15-4)17-12(11)10-16-19(5,6)7/h11-13,15H,8-10H2,1-7H3/q+1. The van der Waals surface area contributed by atoms with Crippen molar-refractivity contribution in [1.29, 1.82) is 0 Å². The quantitative estimate of drug-likeness (QED) is 0.791. The summed E-state index contributed by atoms with van der Waals surface area (Å²) in [5.41, 5.74) is -0.143. The van der Waals surface area contributed by atoms with Crippen LogP contribution in [0.4, 0.5) is 0 Å². The molecule has 0 aromatic carbocycles. The van der Waals surface area contributed by atoms with Crippen LogP contribution in [0.5, 0.6) is 0 Å². The van der Waals surface area contributed by atoms with Crippen molar-refractivity contribution in [2.75, 3.05) is 33.6 Å². The van der Waals surface area contributed by atoms with Gasteiger partial charge in [0.25, 0.3) is 0 Å². The van der Waals surface area contributed by atoms with E-state index in [1.807, 2.05) is 7.05 Å². The largest absolute Gasteiger partial charge is 0.370 e. The molecule has 0 amide bonds. The highest BCUT2D eigenvalue weighted by Crippen LogP contribution is 2.48. The molecule has 0 radical (unpaired) electrons. The van der Waals surface area contributed by atoms with E-state index in [0.29, 0.717) is 6.61 Å². The maximum Gasteiger partial charge on any atom is 0.136 e. The van der Waals surface area contributed by atoms with Gasteiger partial charge in [-0.3, -0.25) is 5.32 Å². The highest BCUT2D eigenvalue weighted by Gasteiger charge is 2.36. The van der Waals surface area contributed by atoms with Crippen LogP contribution in [0.25, 0.3) is 0 Å². The Balaban J connectivity index is 2.61. The molecule has 1 fully saturated rings. The summed E-state index contributed by atoms with van der Waals surface area (Å²) < 4.78 is 18.2. The van der Waals surface area contributed by atoms with Gasteiger partial charge in [0.1, 0.15) is 26.4 Å². The predicted octanol–water partition coefficient (Wildman–Crippen LogP) is 2.73. The number of hydrogen-bond acceptors (Lipinski definition) is 4. The third kappa shape index (κ3) is 7.01. The minimum absolute atomic E-state index is 0.0182. The first-order chi connectivity index (χ1) is 8.61. The van der Waals surface area contributed by atoms with Crippen LogP contribution >= 0.6 is 7.49 Å². The molecule has 4 nitrogen and oxygen atoms in total. The molecule has 0 aliphatic carbocycles. The van der Waals surface area contributed by atoms with Gasteiger partial charge in [0, 0.05) is 0 Å². The average Bonchev–Trinajstić information content (AvgIpc) is 2.24. The van der Waals surface area contributed by atoms with Crippen LogP contribution in [-0.2, 0) is 14.0 Å². The molecule has 1 saturated heterocycles. The molecule has 1 aliphatic heterocycles. The van der Waals surface area contributed by atoms with Gasteiger partial charge in [-0.25, -0.2) is 4.52 Å². The van der Waals surface area contributed by atoms with Crippen LogP contribution in [0.1, 0.15) is 33.6 Å². The topological polar surface area (TPSA) is 39.7 Å². The summed E-state index contributed by atoms with van der Waals surface area (Å²) in [6.07, 6.45) is 2.25. The Morgan fingerprint density at radius 2 is 1.84 bits per heavy atom. The molecule has 0 aromatic heterocycles. The van der Waals surface area contributed by atoms with E-state index in [9.17, 15) is 0 Å². The summed E-state index contributed by atoms with van der Waals surface area (Å²) >= 11 is 0. The molecule has 114 valence electrons. The normalized spacial score (nSPS) is 29.5. The third-order valence-corrected chi connectivity index (χ3v) is 3.84. The SMILES string of the molecule is CNC1CCC(OC(C)(C)C)C(CO[P+](C)(C)C)O1. The molecule has 0 bridgehead atoms. The zero-order valence-electron chi connectivity index (χ0n) is 13.5. The molecule has 1 aliphatic rings. The minimum Gasteiger partial charge on any atom is -0.370 e. The van der Waals surface area contributed by atoms with Gasteiger partial charge in [0.05, 0.1) is 31.7 Å². The minimum atomic E-state index is -1.24. The zero-order chi connectivity index (χ0) is 14.7. The summed E-state index contributed by atoms with van der Waals surface area (Å²) in [5, 5.41) is 3.19. The first-order valence-electron chi connectivity index (χ1n) is 7.07. The first-order valence-corrected chi connectivity index (χ1v) is 10.1. The molecule has 0 saturated carbocycles. The Kier molecular flexibility index (Phi) is 6.22. The van der Waals surface area contributed by atoms with Crippen molar-refractivity contribution in [2.24, 2.45) is 0 Å².